The average Bonchev–Trinajstić information content (AvgIpc) is 2.37. The Morgan fingerprint density at radius 3 is 3.00 bits per heavy atom. The maximum Gasteiger partial charge on any atom is 0.312 e. The van der Waals surface area contributed by atoms with E-state index in [0.717, 1.165) is 15.0 Å². The van der Waals surface area contributed by atoms with Crippen LogP contribution in [-0.2, 0) is 9.53 Å². The van der Waals surface area contributed by atoms with Gasteiger partial charge in [-0.15, -0.1) is 8.58 Å². The van der Waals surface area contributed by atoms with Gasteiger partial charge >= 0.3 is 5.97 Å². The standard InChI is InChI=1S/C6H11O2P/c1-8-6(7)5-3-2-4-9-5/h5,9H,2-4H2,1H3/t5-/m0/s1. The maximum atomic E-state index is 10.8. The molecule has 0 aromatic carbocycles. The third-order valence-electron chi connectivity index (χ3n) is 1.55. The second-order valence-electron chi connectivity index (χ2n) is 2.17. The second kappa shape index (κ2) is 3.17. The third kappa shape index (κ3) is 1.65. The van der Waals surface area contributed by atoms with E-state index in [-0.39, 0.29) is 11.6 Å². The normalized spacial score (nSPS) is 28.8. The van der Waals surface area contributed by atoms with Crippen molar-refractivity contribution in [3.63, 3.8) is 0 Å². The Morgan fingerprint density at radius 1 is 1.78 bits per heavy atom. The highest BCUT2D eigenvalue weighted by Gasteiger charge is 2.22. The molecule has 2 nitrogen and oxygen atoms in total. The summed E-state index contributed by atoms with van der Waals surface area (Å²) >= 11 is 0. The first-order valence-electron chi connectivity index (χ1n) is 3.16. The molecule has 1 aliphatic rings. The predicted octanol–water partition coefficient (Wildman–Crippen LogP) is 1.00. The molecule has 1 unspecified atom stereocenters. The molecule has 0 saturated carbocycles. The number of esters is 1. The van der Waals surface area contributed by atoms with E-state index < -0.39 is 0 Å². The summed E-state index contributed by atoms with van der Waals surface area (Å²) in [5.41, 5.74) is 0.245. The van der Waals surface area contributed by atoms with Gasteiger partial charge in [0.2, 0.25) is 0 Å². The number of ether oxygens (including phenoxy) is 1. The molecule has 52 valence electrons. The van der Waals surface area contributed by atoms with Crippen LogP contribution in [0.3, 0.4) is 0 Å². The van der Waals surface area contributed by atoms with Crippen LogP contribution < -0.4 is 0 Å². The molecule has 1 fully saturated rings. The minimum Gasteiger partial charge on any atom is -0.469 e. The van der Waals surface area contributed by atoms with Gasteiger partial charge in [0.15, 0.2) is 0 Å². The molecule has 1 heterocycles. The van der Waals surface area contributed by atoms with Gasteiger partial charge in [-0.3, -0.25) is 4.79 Å². The van der Waals surface area contributed by atoms with E-state index in [1.165, 1.54) is 19.7 Å². The van der Waals surface area contributed by atoms with E-state index in [4.69, 9.17) is 0 Å². The molecule has 0 N–H and O–H groups in total. The number of hydrogen-bond acceptors (Lipinski definition) is 2. The monoisotopic (exact) mass is 146 g/mol. The topological polar surface area (TPSA) is 26.3 Å². The first kappa shape index (κ1) is 7.01. The van der Waals surface area contributed by atoms with Crippen LogP contribution in [0.2, 0.25) is 0 Å². The Morgan fingerprint density at radius 2 is 2.56 bits per heavy atom. The molecule has 0 aromatic heterocycles. The lowest BCUT2D eigenvalue weighted by molar-refractivity contribution is -0.140. The Kier molecular flexibility index (Phi) is 2.47. The number of rotatable bonds is 1. The predicted molar refractivity (Wildman–Crippen MR) is 38.2 cm³/mol. The van der Waals surface area contributed by atoms with Crippen molar-refractivity contribution < 1.29 is 9.53 Å². The highest BCUT2D eigenvalue weighted by atomic mass is 31.1. The molecule has 0 amide bonds. The van der Waals surface area contributed by atoms with Crippen LogP contribution >= 0.6 is 8.58 Å². The van der Waals surface area contributed by atoms with Crippen molar-refractivity contribution in [1.29, 1.82) is 0 Å². The Labute approximate surface area is 56.7 Å². The van der Waals surface area contributed by atoms with Gasteiger partial charge in [0.25, 0.3) is 0 Å². The largest absolute Gasteiger partial charge is 0.469 e. The van der Waals surface area contributed by atoms with Gasteiger partial charge in [0.1, 0.15) is 0 Å². The van der Waals surface area contributed by atoms with E-state index in [0.29, 0.717) is 0 Å². The molecule has 0 spiro atoms. The minimum absolute atomic E-state index is 0.00849. The van der Waals surface area contributed by atoms with E-state index in [9.17, 15) is 4.79 Å². The van der Waals surface area contributed by atoms with Crippen molar-refractivity contribution >= 4 is 14.6 Å². The van der Waals surface area contributed by atoms with E-state index in [1.54, 1.807) is 0 Å². The summed E-state index contributed by atoms with van der Waals surface area (Å²) in [5, 5.41) is 0. The van der Waals surface area contributed by atoms with Crippen LogP contribution in [-0.4, -0.2) is 24.9 Å². The summed E-state index contributed by atoms with van der Waals surface area (Å²) < 4.78 is 4.60. The van der Waals surface area contributed by atoms with E-state index >= 15 is 0 Å². The molecule has 1 rings (SSSR count). The molecule has 1 aliphatic heterocycles. The summed E-state index contributed by atoms with van der Waals surface area (Å²) in [5.74, 6) is -0.00849. The fourth-order valence-corrected chi connectivity index (χ4v) is 2.48. The number of methoxy groups -OCH3 is 1. The van der Waals surface area contributed by atoms with Crippen molar-refractivity contribution in [1.82, 2.24) is 0 Å². The van der Waals surface area contributed by atoms with Crippen molar-refractivity contribution in [2.45, 2.75) is 18.5 Å². The van der Waals surface area contributed by atoms with Crippen molar-refractivity contribution in [2.24, 2.45) is 0 Å². The number of carbonyl (C=O) groups is 1. The zero-order valence-electron chi connectivity index (χ0n) is 5.52. The summed E-state index contributed by atoms with van der Waals surface area (Å²) in [7, 11) is 2.28. The van der Waals surface area contributed by atoms with Gasteiger partial charge in [-0.2, -0.15) is 0 Å². The first-order valence-corrected chi connectivity index (χ1v) is 4.44. The summed E-state index contributed by atoms with van der Waals surface area (Å²) in [6.07, 6.45) is 3.48. The van der Waals surface area contributed by atoms with Gasteiger partial charge < -0.3 is 4.74 Å². The molecule has 0 radical (unpaired) electrons. The van der Waals surface area contributed by atoms with Gasteiger partial charge in [0.05, 0.1) is 12.8 Å². The zero-order chi connectivity index (χ0) is 6.69. The molecule has 2 atom stereocenters. The van der Waals surface area contributed by atoms with Crippen LogP contribution in [0, 0.1) is 0 Å². The lowest BCUT2D eigenvalue weighted by Gasteiger charge is -2.03. The van der Waals surface area contributed by atoms with Crippen LogP contribution in [0.1, 0.15) is 12.8 Å². The zero-order valence-corrected chi connectivity index (χ0v) is 6.52. The number of hydrogen-bond donors (Lipinski definition) is 0. The third-order valence-corrected chi connectivity index (χ3v) is 3.21. The van der Waals surface area contributed by atoms with E-state index in [2.05, 4.69) is 4.74 Å². The fourth-order valence-electron chi connectivity index (χ4n) is 1.03. The molecule has 3 heteroatoms. The van der Waals surface area contributed by atoms with Crippen LogP contribution in [0.5, 0.6) is 0 Å². The van der Waals surface area contributed by atoms with Gasteiger partial charge in [-0.25, -0.2) is 0 Å². The van der Waals surface area contributed by atoms with E-state index in [1.807, 2.05) is 0 Å². The SMILES string of the molecule is COC(=O)[C@@H]1CCCP1. The van der Waals surface area contributed by atoms with Gasteiger partial charge in [-0.05, 0) is 19.0 Å². The Bertz CT molecular complexity index is 108. The minimum atomic E-state index is -0.00849. The smallest absolute Gasteiger partial charge is 0.312 e. The lowest BCUT2D eigenvalue weighted by Crippen LogP contribution is -2.13. The summed E-state index contributed by atoms with van der Waals surface area (Å²) in [6, 6.07) is 0. The highest BCUT2D eigenvalue weighted by Crippen LogP contribution is 2.32. The Balaban J connectivity index is 2.32. The second-order valence-corrected chi connectivity index (χ2v) is 3.78. The maximum absolute atomic E-state index is 10.8. The van der Waals surface area contributed by atoms with Crippen molar-refractivity contribution in [3.8, 4) is 0 Å². The van der Waals surface area contributed by atoms with Crippen molar-refractivity contribution in [3.05, 3.63) is 0 Å². The van der Waals surface area contributed by atoms with Crippen LogP contribution in [0.4, 0.5) is 0 Å². The summed E-state index contributed by atoms with van der Waals surface area (Å²) in [6.45, 7) is 0. The average molecular weight is 146 g/mol. The quantitative estimate of drug-likeness (QED) is 0.407. The molecule has 1 saturated heterocycles. The molecule has 9 heavy (non-hydrogen) atoms. The fraction of sp³-hybridized carbons (Fsp3) is 0.833. The highest BCUT2D eigenvalue weighted by molar-refractivity contribution is 7.40. The number of carbonyl (C=O) groups excluding carboxylic acids is 1. The molecular weight excluding hydrogens is 135 g/mol. The molecular formula is C6H11O2P. The Hall–Kier alpha value is -0.100. The molecule has 0 aromatic rings. The molecule has 0 aliphatic carbocycles. The van der Waals surface area contributed by atoms with Crippen LogP contribution in [0.15, 0.2) is 0 Å². The lowest BCUT2D eigenvalue weighted by atomic mass is 10.2. The van der Waals surface area contributed by atoms with Crippen LogP contribution in [0.25, 0.3) is 0 Å². The first-order chi connectivity index (χ1) is 4.34. The van der Waals surface area contributed by atoms with Crippen molar-refractivity contribution in [2.75, 3.05) is 13.3 Å². The summed E-state index contributed by atoms with van der Waals surface area (Å²) in [4.78, 5) is 10.8. The van der Waals surface area contributed by atoms with Gasteiger partial charge in [0, 0.05) is 0 Å². The van der Waals surface area contributed by atoms with Gasteiger partial charge in [-0.1, -0.05) is 0 Å². The molecule has 0 bridgehead atoms.